The van der Waals surface area contributed by atoms with Crippen molar-refractivity contribution in [2.75, 3.05) is 0 Å². The van der Waals surface area contributed by atoms with E-state index in [0.29, 0.717) is 12.8 Å². The van der Waals surface area contributed by atoms with E-state index >= 15 is 0 Å². The molecule has 0 aliphatic heterocycles. The Bertz CT molecular complexity index is 522. The zero-order valence-electron chi connectivity index (χ0n) is 15.4. The lowest BCUT2D eigenvalue weighted by molar-refractivity contribution is -0.172. The molecule has 2 aliphatic carbocycles. The van der Waals surface area contributed by atoms with Gasteiger partial charge in [-0.2, -0.15) is 0 Å². The SMILES string of the molecule is C=C1C[C@@H](OC(C)=O)[C@@H](C(C)C)[C@@H](OC(C)=O)[C@H]2[C@H]1CC[C@]2(C)O. The molecule has 0 bridgehead atoms. The van der Waals surface area contributed by atoms with Crippen LogP contribution in [0.25, 0.3) is 0 Å². The molecule has 5 heteroatoms. The Morgan fingerprint density at radius 1 is 1.25 bits per heavy atom. The molecule has 0 aromatic carbocycles. The van der Waals surface area contributed by atoms with Crippen molar-refractivity contribution >= 4 is 11.9 Å². The fourth-order valence-electron chi connectivity index (χ4n) is 4.75. The van der Waals surface area contributed by atoms with Crippen molar-refractivity contribution in [3.63, 3.8) is 0 Å². The van der Waals surface area contributed by atoms with Crippen LogP contribution in [0.2, 0.25) is 0 Å². The number of rotatable bonds is 3. The van der Waals surface area contributed by atoms with Crippen LogP contribution in [0.3, 0.4) is 0 Å². The summed E-state index contributed by atoms with van der Waals surface area (Å²) in [4.78, 5) is 23.4. The second-order valence-corrected chi connectivity index (χ2v) is 7.93. The molecule has 5 nitrogen and oxygen atoms in total. The fourth-order valence-corrected chi connectivity index (χ4v) is 4.75. The summed E-state index contributed by atoms with van der Waals surface area (Å²) in [6.45, 7) is 12.9. The number of carbonyl (C=O) groups is 2. The Morgan fingerprint density at radius 3 is 2.33 bits per heavy atom. The molecule has 0 unspecified atom stereocenters. The first-order valence-corrected chi connectivity index (χ1v) is 8.79. The zero-order chi connectivity index (χ0) is 18.2. The molecule has 2 fully saturated rings. The second-order valence-electron chi connectivity index (χ2n) is 7.93. The molecule has 0 aromatic rings. The topological polar surface area (TPSA) is 72.8 Å². The number of aliphatic hydroxyl groups is 1. The van der Waals surface area contributed by atoms with Crippen LogP contribution in [-0.4, -0.2) is 34.9 Å². The lowest BCUT2D eigenvalue weighted by Crippen LogP contribution is -2.49. The quantitative estimate of drug-likeness (QED) is 0.633. The lowest BCUT2D eigenvalue weighted by Gasteiger charge is -2.40. The van der Waals surface area contributed by atoms with E-state index < -0.39 is 11.7 Å². The van der Waals surface area contributed by atoms with Gasteiger partial charge in [0.2, 0.25) is 0 Å². The number of hydrogen-bond acceptors (Lipinski definition) is 5. The highest BCUT2D eigenvalue weighted by Crippen LogP contribution is 2.52. The molecule has 24 heavy (non-hydrogen) atoms. The van der Waals surface area contributed by atoms with Gasteiger partial charge >= 0.3 is 11.9 Å². The van der Waals surface area contributed by atoms with Gasteiger partial charge in [0.1, 0.15) is 12.2 Å². The van der Waals surface area contributed by atoms with Crippen molar-refractivity contribution in [1.29, 1.82) is 0 Å². The van der Waals surface area contributed by atoms with Crippen LogP contribution in [0.5, 0.6) is 0 Å². The molecule has 0 aromatic heterocycles. The molecule has 136 valence electrons. The number of hydrogen-bond donors (Lipinski definition) is 1. The van der Waals surface area contributed by atoms with Crippen molar-refractivity contribution in [3.8, 4) is 0 Å². The summed E-state index contributed by atoms with van der Waals surface area (Å²) in [7, 11) is 0. The fraction of sp³-hybridized carbons (Fsp3) is 0.789. The average molecular weight is 338 g/mol. The zero-order valence-corrected chi connectivity index (χ0v) is 15.4. The normalized spacial score (nSPS) is 39.3. The first-order valence-electron chi connectivity index (χ1n) is 8.79. The number of fused-ring (bicyclic) bond motifs is 1. The van der Waals surface area contributed by atoms with Gasteiger partial charge in [-0.3, -0.25) is 9.59 Å². The van der Waals surface area contributed by atoms with Crippen LogP contribution in [0.4, 0.5) is 0 Å². The second kappa shape index (κ2) is 6.87. The van der Waals surface area contributed by atoms with E-state index in [2.05, 4.69) is 6.58 Å². The highest BCUT2D eigenvalue weighted by atomic mass is 16.6. The first-order chi connectivity index (χ1) is 11.0. The van der Waals surface area contributed by atoms with Gasteiger partial charge in [0.25, 0.3) is 0 Å². The molecule has 0 amide bonds. The van der Waals surface area contributed by atoms with Crippen LogP contribution in [0, 0.1) is 23.7 Å². The van der Waals surface area contributed by atoms with Gasteiger partial charge in [-0.15, -0.1) is 0 Å². The minimum atomic E-state index is -0.925. The predicted octanol–water partition coefficient (Wildman–Crippen LogP) is 2.86. The molecule has 0 spiro atoms. The van der Waals surface area contributed by atoms with Gasteiger partial charge in [-0.25, -0.2) is 0 Å². The molecular formula is C19H30O5. The first kappa shape index (κ1) is 19.0. The van der Waals surface area contributed by atoms with Gasteiger partial charge in [0.05, 0.1) is 5.60 Å². The Balaban J connectivity index is 2.50. The van der Waals surface area contributed by atoms with Crippen LogP contribution >= 0.6 is 0 Å². The van der Waals surface area contributed by atoms with E-state index in [1.807, 2.05) is 20.8 Å². The van der Waals surface area contributed by atoms with E-state index in [4.69, 9.17) is 9.47 Å². The summed E-state index contributed by atoms with van der Waals surface area (Å²) in [6.07, 6.45) is 1.14. The summed E-state index contributed by atoms with van der Waals surface area (Å²) in [5, 5.41) is 10.9. The average Bonchev–Trinajstić information content (AvgIpc) is 2.65. The minimum Gasteiger partial charge on any atom is -0.462 e. The number of carbonyl (C=O) groups excluding carboxylic acids is 2. The summed E-state index contributed by atoms with van der Waals surface area (Å²) in [6, 6.07) is 0. The monoisotopic (exact) mass is 338 g/mol. The van der Waals surface area contributed by atoms with E-state index in [1.54, 1.807) is 0 Å². The maximum Gasteiger partial charge on any atom is 0.302 e. The van der Waals surface area contributed by atoms with Gasteiger partial charge in [0, 0.05) is 32.1 Å². The highest BCUT2D eigenvalue weighted by molar-refractivity contribution is 5.67. The Labute approximate surface area is 144 Å². The summed E-state index contributed by atoms with van der Waals surface area (Å²) < 4.78 is 11.3. The van der Waals surface area contributed by atoms with Crippen LogP contribution in [-0.2, 0) is 19.1 Å². The van der Waals surface area contributed by atoms with Crippen molar-refractivity contribution in [3.05, 3.63) is 12.2 Å². The Kier molecular flexibility index (Phi) is 5.43. The number of ether oxygens (including phenoxy) is 2. The standard InChI is InChI=1S/C19H30O5/c1-10(2)16-15(23-12(4)20)9-11(3)14-7-8-19(6,22)17(14)18(16)24-13(5)21/h10,14-18,22H,3,7-9H2,1-2,4-6H3/t14-,15+,16+,17+,18+,19-/m0/s1. The molecule has 2 rings (SSSR count). The van der Waals surface area contributed by atoms with E-state index in [0.717, 1.165) is 12.0 Å². The maximum absolute atomic E-state index is 11.8. The van der Waals surface area contributed by atoms with Gasteiger partial charge in [0.15, 0.2) is 0 Å². The minimum absolute atomic E-state index is 0.0751. The third-order valence-corrected chi connectivity index (χ3v) is 5.65. The van der Waals surface area contributed by atoms with E-state index in [-0.39, 0.29) is 41.7 Å². The summed E-state index contributed by atoms with van der Waals surface area (Å²) in [5.74, 6) is -0.913. The third-order valence-electron chi connectivity index (χ3n) is 5.65. The molecule has 2 saturated carbocycles. The van der Waals surface area contributed by atoms with Gasteiger partial charge in [-0.05, 0) is 31.6 Å². The molecular weight excluding hydrogens is 308 g/mol. The van der Waals surface area contributed by atoms with Gasteiger partial charge in [-0.1, -0.05) is 26.0 Å². The van der Waals surface area contributed by atoms with Crippen molar-refractivity contribution in [2.45, 2.75) is 71.7 Å². The van der Waals surface area contributed by atoms with Gasteiger partial charge < -0.3 is 14.6 Å². The molecule has 1 N–H and O–H groups in total. The van der Waals surface area contributed by atoms with Crippen LogP contribution in [0.15, 0.2) is 12.2 Å². The maximum atomic E-state index is 11.8. The Hall–Kier alpha value is -1.36. The van der Waals surface area contributed by atoms with Crippen molar-refractivity contribution < 1.29 is 24.2 Å². The highest BCUT2D eigenvalue weighted by Gasteiger charge is 2.56. The molecule has 0 heterocycles. The van der Waals surface area contributed by atoms with Crippen molar-refractivity contribution in [1.82, 2.24) is 0 Å². The Morgan fingerprint density at radius 2 is 1.83 bits per heavy atom. The van der Waals surface area contributed by atoms with Crippen molar-refractivity contribution in [2.24, 2.45) is 23.7 Å². The van der Waals surface area contributed by atoms with E-state index in [9.17, 15) is 14.7 Å². The molecule has 6 atom stereocenters. The smallest absolute Gasteiger partial charge is 0.302 e. The lowest BCUT2D eigenvalue weighted by atomic mass is 9.74. The summed E-state index contributed by atoms with van der Waals surface area (Å²) in [5.41, 5.74) is 0.0516. The predicted molar refractivity (Wildman–Crippen MR) is 90.0 cm³/mol. The molecule has 0 radical (unpaired) electrons. The molecule has 0 saturated heterocycles. The summed E-state index contributed by atoms with van der Waals surface area (Å²) >= 11 is 0. The van der Waals surface area contributed by atoms with Crippen LogP contribution in [0.1, 0.15) is 53.9 Å². The largest absolute Gasteiger partial charge is 0.462 e. The van der Waals surface area contributed by atoms with E-state index in [1.165, 1.54) is 13.8 Å². The van der Waals surface area contributed by atoms with Crippen LogP contribution < -0.4 is 0 Å². The molecule has 2 aliphatic rings. The number of esters is 2. The third kappa shape index (κ3) is 3.66.